The Morgan fingerprint density at radius 2 is 2.00 bits per heavy atom. The molecule has 4 nitrogen and oxygen atoms in total. The molecule has 1 heterocycles. The van der Waals surface area contributed by atoms with Gasteiger partial charge < -0.3 is 14.6 Å². The molecule has 88 valence electrons. The number of aliphatic hydroxyl groups excluding tert-OH is 1. The number of aromatic nitrogens is 1. The van der Waals surface area contributed by atoms with Gasteiger partial charge in [0.25, 0.3) is 0 Å². The molecule has 2 N–H and O–H groups in total. The van der Waals surface area contributed by atoms with Crippen molar-refractivity contribution in [1.29, 1.82) is 0 Å². The third kappa shape index (κ3) is 1.91. The number of benzene rings is 1. The van der Waals surface area contributed by atoms with Crippen LogP contribution in [0.25, 0.3) is 11.5 Å². The summed E-state index contributed by atoms with van der Waals surface area (Å²) in [5, 5.41) is 18.8. The number of nitrogens with zero attached hydrogens (tertiary/aromatic N) is 1. The summed E-state index contributed by atoms with van der Waals surface area (Å²) in [6, 6.07) is 6.74. The summed E-state index contributed by atoms with van der Waals surface area (Å²) in [6.07, 6.45) is 1.73. The lowest BCUT2D eigenvalue weighted by molar-refractivity contribution is 0.153. The Morgan fingerprint density at radius 3 is 2.76 bits per heavy atom. The van der Waals surface area contributed by atoms with Crippen LogP contribution in [0.5, 0.6) is 5.75 Å². The Kier molecular flexibility index (Phi) is 2.37. The summed E-state index contributed by atoms with van der Waals surface area (Å²) < 4.78 is 5.68. The molecule has 0 fully saturated rings. The first kappa shape index (κ1) is 10.4. The molecule has 4 heteroatoms. The number of hydrogen-bond donors (Lipinski definition) is 2. The van der Waals surface area contributed by atoms with Crippen LogP contribution in [0.1, 0.15) is 17.9 Å². The molecule has 2 aromatic rings. The van der Waals surface area contributed by atoms with Gasteiger partial charge in [0.1, 0.15) is 11.5 Å². The van der Waals surface area contributed by atoms with Crippen molar-refractivity contribution in [1.82, 2.24) is 4.98 Å². The van der Waals surface area contributed by atoms with Gasteiger partial charge >= 0.3 is 0 Å². The molecule has 1 atom stereocenters. The van der Waals surface area contributed by atoms with E-state index < -0.39 is 0 Å². The molecule has 0 bridgehead atoms. The van der Waals surface area contributed by atoms with E-state index in [-0.39, 0.29) is 11.9 Å². The molecular weight excluding hydrogens is 218 g/mol. The van der Waals surface area contributed by atoms with Gasteiger partial charge in [-0.05, 0) is 30.7 Å². The monoisotopic (exact) mass is 231 g/mol. The highest BCUT2D eigenvalue weighted by Crippen LogP contribution is 2.28. The van der Waals surface area contributed by atoms with Crippen molar-refractivity contribution in [2.45, 2.75) is 25.4 Å². The lowest BCUT2D eigenvalue weighted by atomic mass is 9.99. The van der Waals surface area contributed by atoms with E-state index in [9.17, 15) is 10.2 Å². The number of fused-ring (bicyclic) bond motifs is 1. The third-order valence-electron chi connectivity index (χ3n) is 3.03. The number of aliphatic hydroxyl groups is 1. The van der Waals surface area contributed by atoms with Crippen molar-refractivity contribution < 1.29 is 14.6 Å². The van der Waals surface area contributed by atoms with E-state index in [0.717, 1.165) is 29.9 Å². The second-order valence-corrected chi connectivity index (χ2v) is 4.33. The van der Waals surface area contributed by atoms with E-state index in [0.29, 0.717) is 12.3 Å². The van der Waals surface area contributed by atoms with Gasteiger partial charge in [-0.3, -0.25) is 0 Å². The Labute approximate surface area is 98.5 Å². The highest BCUT2D eigenvalue weighted by molar-refractivity contribution is 5.55. The minimum Gasteiger partial charge on any atom is -0.508 e. The summed E-state index contributed by atoms with van der Waals surface area (Å²) in [7, 11) is 0. The van der Waals surface area contributed by atoms with Gasteiger partial charge in [-0.2, -0.15) is 0 Å². The van der Waals surface area contributed by atoms with E-state index in [4.69, 9.17) is 4.42 Å². The zero-order chi connectivity index (χ0) is 11.8. The van der Waals surface area contributed by atoms with Gasteiger partial charge in [-0.25, -0.2) is 4.98 Å². The Balaban J connectivity index is 1.97. The van der Waals surface area contributed by atoms with Gasteiger partial charge in [0, 0.05) is 18.4 Å². The number of aryl methyl sites for hydroxylation is 1. The lowest BCUT2D eigenvalue weighted by Gasteiger charge is -2.13. The van der Waals surface area contributed by atoms with Crippen LogP contribution in [0, 0.1) is 0 Å². The van der Waals surface area contributed by atoms with Crippen molar-refractivity contribution in [3.8, 4) is 17.2 Å². The standard InChI is InChI=1S/C13H13NO3/c15-9-3-1-8(2-4-9)13-14-11-7-10(16)5-6-12(11)17-13/h1-4,10,15-16H,5-7H2. The number of oxazole rings is 1. The number of rotatable bonds is 1. The molecule has 0 amide bonds. The molecule has 0 saturated heterocycles. The van der Waals surface area contributed by atoms with Crippen LogP contribution in [0.15, 0.2) is 28.7 Å². The molecule has 0 spiro atoms. The van der Waals surface area contributed by atoms with Gasteiger partial charge in [0.15, 0.2) is 0 Å². The van der Waals surface area contributed by atoms with Crippen molar-refractivity contribution in [2.75, 3.05) is 0 Å². The van der Waals surface area contributed by atoms with Crippen molar-refractivity contribution in [3.05, 3.63) is 35.7 Å². The minimum atomic E-state index is -0.305. The molecule has 1 aliphatic rings. The topological polar surface area (TPSA) is 66.5 Å². The van der Waals surface area contributed by atoms with Gasteiger partial charge in [0.2, 0.25) is 5.89 Å². The van der Waals surface area contributed by atoms with Crippen LogP contribution >= 0.6 is 0 Å². The molecule has 0 saturated carbocycles. The zero-order valence-electron chi connectivity index (χ0n) is 9.26. The second-order valence-electron chi connectivity index (χ2n) is 4.33. The predicted octanol–water partition coefficient (Wildman–Crippen LogP) is 1.90. The number of phenols is 1. The maximum Gasteiger partial charge on any atom is 0.226 e. The van der Waals surface area contributed by atoms with E-state index in [1.807, 2.05) is 0 Å². The summed E-state index contributed by atoms with van der Waals surface area (Å²) in [4.78, 5) is 4.39. The molecule has 1 aromatic heterocycles. The Hall–Kier alpha value is -1.81. The van der Waals surface area contributed by atoms with Crippen molar-refractivity contribution in [3.63, 3.8) is 0 Å². The predicted molar refractivity (Wildman–Crippen MR) is 61.6 cm³/mol. The molecule has 17 heavy (non-hydrogen) atoms. The first-order valence-corrected chi connectivity index (χ1v) is 5.68. The number of phenolic OH excluding ortho intramolecular Hbond substituents is 1. The fraction of sp³-hybridized carbons (Fsp3) is 0.308. The number of aromatic hydroxyl groups is 1. The van der Waals surface area contributed by atoms with Crippen LogP contribution in [-0.4, -0.2) is 21.3 Å². The first-order valence-electron chi connectivity index (χ1n) is 5.68. The first-order chi connectivity index (χ1) is 8.22. The van der Waals surface area contributed by atoms with E-state index in [1.54, 1.807) is 24.3 Å². The molecule has 0 radical (unpaired) electrons. The van der Waals surface area contributed by atoms with Crippen molar-refractivity contribution >= 4 is 0 Å². The molecule has 3 rings (SSSR count). The average molecular weight is 231 g/mol. The highest BCUT2D eigenvalue weighted by atomic mass is 16.4. The van der Waals surface area contributed by atoms with E-state index in [2.05, 4.69) is 4.98 Å². The smallest absolute Gasteiger partial charge is 0.226 e. The Morgan fingerprint density at radius 1 is 1.24 bits per heavy atom. The zero-order valence-corrected chi connectivity index (χ0v) is 9.26. The molecule has 1 aliphatic carbocycles. The van der Waals surface area contributed by atoms with E-state index >= 15 is 0 Å². The van der Waals surface area contributed by atoms with Gasteiger partial charge in [0.05, 0.1) is 11.8 Å². The normalized spacial score (nSPS) is 19.0. The molecular formula is C13H13NO3. The summed E-state index contributed by atoms with van der Waals surface area (Å²) in [6.45, 7) is 0. The summed E-state index contributed by atoms with van der Waals surface area (Å²) in [5.74, 6) is 1.66. The van der Waals surface area contributed by atoms with Crippen LogP contribution in [0.4, 0.5) is 0 Å². The van der Waals surface area contributed by atoms with Crippen LogP contribution in [0.3, 0.4) is 0 Å². The molecule has 1 unspecified atom stereocenters. The van der Waals surface area contributed by atoms with E-state index in [1.165, 1.54) is 0 Å². The van der Waals surface area contributed by atoms with Crippen molar-refractivity contribution in [2.24, 2.45) is 0 Å². The number of hydrogen-bond acceptors (Lipinski definition) is 4. The maximum atomic E-state index is 9.56. The largest absolute Gasteiger partial charge is 0.508 e. The second kappa shape index (κ2) is 3.89. The fourth-order valence-electron chi connectivity index (χ4n) is 2.09. The molecule has 0 aliphatic heterocycles. The summed E-state index contributed by atoms with van der Waals surface area (Å²) in [5.41, 5.74) is 1.69. The minimum absolute atomic E-state index is 0.223. The average Bonchev–Trinajstić information content (AvgIpc) is 2.72. The highest BCUT2D eigenvalue weighted by Gasteiger charge is 2.22. The third-order valence-corrected chi connectivity index (χ3v) is 3.03. The van der Waals surface area contributed by atoms with Crippen LogP contribution in [-0.2, 0) is 12.8 Å². The Bertz CT molecular complexity index is 530. The van der Waals surface area contributed by atoms with Gasteiger partial charge in [-0.1, -0.05) is 0 Å². The van der Waals surface area contributed by atoms with Gasteiger partial charge in [-0.15, -0.1) is 0 Å². The fourth-order valence-corrected chi connectivity index (χ4v) is 2.09. The lowest BCUT2D eigenvalue weighted by Crippen LogP contribution is -2.17. The van der Waals surface area contributed by atoms with Crippen LogP contribution in [0.2, 0.25) is 0 Å². The quantitative estimate of drug-likeness (QED) is 0.786. The summed E-state index contributed by atoms with van der Waals surface area (Å²) >= 11 is 0. The maximum absolute atomic E-state index is 9.56. The van der Waals surface area contributed by atoms with Crippen LogP contribution < -0.4 is 0 Å². The molecule has 1 aromatic carbocycles. The SMILES string of the molecule is Oc1ccc(-c2nc3c(o2)CCC(O)C3)cc1.